The third-order valence-electron chi connectivity index (χ3n) is 8.96. The van der Waals surface area contributed by atoms with Crippen molar-refractivity contribution < 1.29 is 0 Å². The Balaban J connectivity index is 1.19. The average molecular weight is 644 g/mol. The number of rotatable bonds is 6. The normalized spacial score (nSPS) is 11.3. The van der Waals surface area contributed by atoms with Gasteiger partial charge in [0.15, 0.2) is 17.5 Å². The standard InChI is InChI=1S/C45H29N3S/c1-4-12-30(13-5-1)32-22-24-33(25-23-32)36-26-27-40-39(29-36)42-38(20-11-21-41(42)49-40)45-47-43(34-16-8-3-9-17-34)46-44(48-45)37-19-10-18-35(28-37)31-14-6-2-7-15-31/h1-29H. The predicted molar refractivity (Wildman–Crippen MR) is 205 cm³/mol. The van der Waals surface area contributed by atoms with E-state index in [9.17, 15) is 0 Å². The zero-order chi connectivity index (χ0) is 32.6. The van der Waals surface area contributed by atoms with E-state index in [2.05, 4.69) is 152 Å². The van der Waals surface area contributed by atoms with E-state index in [0.717, 1.165) is 27.8 Å². The highest BCUT2D eigenvalue weighted by atomic mass is 32.1. The minimum Gasteiger partial charge on any atom is -0.208 e. The highest BCUT2D eigenvalue weighted by molar-refractivity contribution is 7.26. The van der Waals surface area contributed by atoms with Crippen molar-refractivity contribution in [2.24, 2.45) is 0 Å². The summed E-state index contributed by atoms with van der Waals surface area (Å²) in [4.78, 5) is 15.3. The Bertz CT molecular complexity index is 2580. The van der Waals surface area contributed by atoms with Crippen LogP contribution in [0.2, 0.25) is 0 Å². The molecule has 0 aliphatic rings. The lowest BCUT2D eigenvalue weighted by molar-refractivity contribution is 1.08. The Hall–Kier alpha value is -6.23. The van der Waals surface area contributed by atoms with Crippen LogP contribution in [0.25, 0.3) is 87.7 Å². The van der Waals surface area contributed by atoms with E-state index < -0.39 is 0 Å². The lowest BCUT2D eigenvalue weighted by Crippen LogP contribution is -2.00. The molecule has 230 valence electrons. The van der Waals surface area contributed by atoms with Gasteiger partial charge in [-0.3, -0.25) is 0 Å². The number of benzene rings is 7. The summed E-state index contributed by atoms with van der Waals surface area (Å²) >= 11 is 1.80. The Kier molecular flexibility index (Phi) is 7.34. The minimum atomic E-state index is 0.650. The Labute approximate surface area is 288 Å². The van der Waals surface area contributed by atoms with Gasteiger partial charge in [-0.15, -0.1) is 11.3 Å². The van der Waals surface area contributed by atoms with Crippen LogP contribution in [0.4, 0.5) is 0 Å². The number of thiophene rings is 1. The fourth-order valence-corrected chi connectivity index (χ4v) is 7.60. The maximum Gasteiger partial charge on any atom is 0.164 e. The first-order chi connectivity index (χ1) is 24.3. The summed E-state index contributed by atoms with van der Waals surface area (Å²) in [5, 5.41) is 2.37. The molecule has 2 heterocycles. The molecule has 0 aliphatic heterocycles. The minimum absolute atomic E-state index is 0.650. The van der Waals surface area contributed by atoms with Gasteiger partial charge in [-0.25, -0.2) is 15.0 Å². The van der Waals surface area contributed by atoms with Crippen LogP contribution < -0.4 is 0 Å². The van der Waals surface area contributed by atoms with Crippen molar-refractivity contribution in [1.29, 1.82) is 0 Å². The van der Waals surface area contributed by atoms with Crippen LogP contribution in [-0.2, 0) is 0 Å². The van der Waals surface area contributed by atoms with E-state index in [-0.39, 0.29) is 0 Å². The van der Waals surface area contributed by atoms with Crippen LogP contribution in [-0.4, -0.2) is 15.0 Å². The Morgan fingerprint density at radius 2 is 0.776 bits per heavy atom. The molecule has 0 radical (unpaired) electrons. The monoisotopic (exact) mass is 643 g/mol. The van der Waals surface area contributed by atoms with Crippen molar-refractivity contribution >= 4 is 31.5 Å². The van der Waals surface area contributed by atoms with Gasteiger partial charge in [-0.1, -0.05) is 152 Å². The average Bonchev–Trinajstić information content (AvgIpc) is 3.57. The van der Waals surface area contributed by atoms with Crippen LogP contribution >= 0.6 is 11.3 Å². The maximum atomic E-state index is 5.17. The highest BCUT2D eigenvalue weighted by Crippen LogP contribution is 2.41. The van der Waals surface area contributed by atoms with Gasteiger partial charge in [0.25, 0.3) is 0 Å². The lowest BCUT2D eigenvalue weighted by atomic mass is 9.98. The molecule has 2 aromatic heterocycles. The fourth-order valence-electron chi connectivity index (χ4n) is 6.49. The number of hydrogen-bond donors (Lipinski definition) is 0. The van der Waals surface area contributed by atoms with Crippen molar-refractivity contribution in [3.05, 3.63) is 176 Å². The molecule has 0 N–H and O–H groups in total. The molecule has 49 heavy (non-hydrogen) atoms. The molecule has 0 saturated heterocycles. The van der Waals surface area contributed by atoms with E-state index in [1.165, 1.54) is 42.4 Å². The van der Waals surface area contributed by atoms with E-state index in [4.69, 9.17) is 15.0 Å². The highest BCUT2D eigenvalue weighted by Gasteiger charge is 2.18. The molecule has 9 rings (SSSR count). The first kappa shape index (κ1) is 29.0. The summed E-state index contributed by atoms with van der Waals surface area (Å²) in [6.07, 6.45) is 0. The van der Waals surface area contributed by atoms with Gasteiger partial charge >= 0.3 is 0 Å². The molecule has 0 aliphatic carbocycles. The van der Waals surface area contributed by atoms with Gasteiger partial charge in [0.1, 0.15) is 0 Å². The van der Waals surface area contributed by atoms with Crippen LogP contribution in [0.1, 0.15) is 0 Å². The van der Waals surface area contributed by atoms with E-state index in [1.54, 1.807) is 11.3 Å². The zero-order valence-electron chi connectivity index (χ0n) is 26.5. The number of fused-ring (bicyclic) bond motifs is 3. The largest absolute Gasteiger partial charge is 0.208 e. The van der Waals surface area contributed by atoms with Crippen molar-refractivity contribution in [3.8, 4) is 67.5 Å². The van der Waals surface area contributed by atoms with Crippen LogP contribution in [0.15, 0.2) is 176 Å². The lowest BCUT2D eigenvalue weighted by Gasteiger charge is -2.11. The molecule has 0 amide bonds. The first-order valence-corrected chi connectivity index (χ1v) is 17.2. The molecule has 3 nitrogen and oxygen atoms in total. The summed E-state index contributed by atoms with van der Waals surface area (Å²) in [6.45, 7) is 0. The molecular formula is C45H29N3S. The summed E-state index contributed by atoms with van der Waals surface area (Å²) in [7, 11) is 0. The van der Waals surface area contributed by atoms with E-state index in [1.807, 2.05) is 24.3 Å². The zero-order valence-corrected chi connectivity index (χ0v) is 27.3. The Morgan fingerprint density at radius 3 is 1.47 bits per heavy atom. The van der Waals surface area contributed by atoms with Crippen molar-refractivity contribution in [2.45, 2.75) is 0 Å². The maximum absolute atomic E-state index is 5.17. The molecule has 0 fully saturated rings. The van der Waals surface area contributed by atoms with Crippen LogP contribution in [0.3, 0.4) is 0 Å². The molecule has 4 heteroatoms. The summed E-state index contributed by atoms with van der Waals surface area (Å²) in [5.41, 5.74) is 9.98. The predicted octanol–water partition coefficient (Wildman–Crippen LogP) is 12.2. The summed E-state index contributed by atoms with van der Waals surface area (Å²) < 4.78 is 2.44. The molecule has 0 unspecified atom stereocenters. The van der Waals surface area contributed by atoms with Gasteiger partial charge in [-0.05, 0) is 57.6 Å². The van der Waals surface area contributed by atoms with Gasteiger partial charge in [-0.2, -0.15) is 0 Å². The van der Waals surface area contributed by atoms with Gasteiger partial charge in [0.05, 0.1) is 0 Å². The second-order valence-electron chi connectivity index (χ2n) is 12.1. The summed E-state index contributed by atoms with van der Waals surface area (Å²) in [5.74, 6) is 1.97. The molecule has 9 aromatic rings. The Morgan fingerprint density at radius 1 is 0.306 bits per heavy atom. The third-order valence-corrected chi connectivity index (χ3v) is 10.1. The SMILES string of the molecule is c1ccc(-c2ccc(-c3ccc4sc5cccc(-c6nc(-c7ccccc7)nc(-c7cccc(-c8ccccc8)c7)n6)c5c4c3)cc2)cc1. The molecule has 0 saturated carbocycles. The fraction of sp³-hybridized carbons (Fsp3) is 0. The number of hydrogen-bond acceptors (Lipinski definition) is 4. The molecule has 0 atom stereocenters. The number of nitrogens with zero attached hydrogens (tertiary/aromatic N) is 3. The van der Waals surface area contributed by atoms with E-state index in [0.29, 0.717) is 17.5 Å². The van der Waals surface area contributed by atoms with Gasteiger partial charge in [0, 0.05) is 36.9 Å². The van der Waals surface area contributed by atoms with Crippen molar-refractivity contribution in [1.82, 2.24) is 15.0 Å². The topological polar surface area (TPSA) is 38.7 Å². The van der Waals surface area contributed by atoms with Gasteiger partial charge in [0.2, 0.25) is 0 Å². The molecule has 0 spiro atoms. The van der Waals surface area contributed by atoms with Crippen molar-refractivity contribution in [3.63, 3.8) is 0 Å². The van der Waals surface area contributed by atoms with E-state index >= 15 is 0 Å². The smallest absolute Gasteiger partial charge is 0.164 e. The second kappa shape index (κ2) is 12.4. The molecular weight excluding hydrogens is 615 g/mol. The molecule has 0 bridgehead atoms. The second-order valence-corrected chi connectivity index (χ2v) is 13.1. The van der Waals surface area contributed by atoms with Crippen molar-refractivity contribution in [2.75, 3.05) is 0 Å². The quantitative estimate of drug-likeness (QED) is 0.181. The molecule has 7 aromatic carbocycles. The number of aromatic nitrogens is 3. The van der Waals surface area contributed by atoms with Crippen LogP contribution in [0.5, 0.6) is 0 Å². The summed E-state index contributed by atoms with van der Waals surface area (Å²) in [6, 6.07) is 61.6. The first-order valence-electron chi connectivity index (χ1n) is 16.4. The van der Waals surface area contributed by atoms with Gasteiger partial charge < -0.3 is 0 Å². The van der Waals surface area contributed by atoms with Crippen LogP contribution in [0, 0.1) is 0 Å². The third kappa shape index (κ3) is 5.58.